The topological polar surface area (TPSA) is 92.1 Å². The third kappa shape index (κ3) is 2.58. The van der Waals surface area contributed by atoms with Crippen LogP contribution in [0.3, 0.4) is 0 Å². The van der Waals surface area contributed by atoms with Crippen LogP contribution in [-0.2, 0) is 10.2 Å². The van der Waals surface area contributed by atoms with Crippen molar-refractivity contribution in [1.82, 2.24) is 0 Å². The molecule has 2 heterocycles. The number of methoxy groups -OCH3 is 1. The average Bonchev–Trinajstić information content (AvgIpc) is 3.16. The van der Waals surface area contributed by atoms with Crippen molar-refractivity contribution >= 4 is 44.1 Å². The first-order valence-corrected chi connectivity index (χ1v) is 9.47. The molecule has 8 nitrogen and oxygen atoms in total. The van der Waals surface area contributed by atoms with Crippen LogP contribution in [0.2, 0.25) is 0 Å². The van der Waals surface area contributed by atoms with Gasteiger partial charge in [0.1, 0.15) is 0 Å². The first kappa shape index (κ1) is 17.2. The molecule has 4 rings (SSSR count). The smallest absolute Gasteiger partial charge is 0.326 e. The number of hydrogen-bond donors (Lipinski definition) is 1. The van der Waals surface area contributed by atoms with Crippen molar-refractivity contribution < 1.29 is 22.4 Å². The first-order valence-electron chi connectivity index (χ1n) is 8.07. The summed E-state index contributed by atoms with van der Waals surface area (Å²) in [6.07, 6.45) is 0. The molecule has 0 bridgehead atoms. The zero-order chi connectivity index (χ0) is 19.3. The minimum Gasteiger partial charge on any atom is -0.493 e. The summed E-state index contributed by atoms with van der Waals surface area (Å²) in [6.45, 7) is 0. The van der Waals surface area contributed by atoms with Gasteiger partial charge < -0.3 is 14.5 Å². The Hall–Kier alpha value is -3.20. The number of anilines is 3. The normalized spacial score (nSPS) is 15.1. The minimum absolute atomic E-state index is 0.132. The number of para-hydroxylation sites is 1. The zero-order valence-corrected chi connectivity index (χ0v) is 15.7. The molecule has 1 aromatic heterocycles. The average molecular weight is 387 g/mol. The molecule has 0 aliphatic carbocycles. The second-order valence-corrected chi connectivity index (χ2v) is 8.08. The molecule has 0 atom stereocenters. The first-order chi connectivity index (χ1) is 12.8. The fraction of sp³-hybridized carbons (Fsp3) is 0.167. The summed E-state index contributed by atoms with van der Waals surface area (Å²) >= 11 is 0. The summed E-state index contributed by atoms with van der Waals surface area (Å²) in [6, 6.07) is 11.9. The number of nitrogens with one attached hydrogen (secondary N) is 1. The molecule has 1 aliphatic rings. The summed E-state index contributed by atoms with van der Waals surface area (Å²) in [7, 11) is 0.918. The van der Waals surface area contributed by atoms with Crippen LogP contribution in [0, 0.1) is 0 Å². The van der Waals surface area contributed by atoms with E-state index < -0.39 is 16.1 Å². The predicted molar refractivity (Wildman–Crippen MR) is 103 cm³/mol. The van der Waals surface area contributed by atoms with Crippen molar-refractivity contribution in [2.24, 2.45) is 0 Å². The molecule has 2 aromatic carbocycles. The van der Waals surface area contributed by atoms with Crippen LogP contribution in [0.1, 0.15) is 10.6 Å². The molecule has 1 aliphatic heterocycles. The van der Waals surface area contributed by atoms with E-state index in [-0.39, 0.29) is 5.76 Å². The molecular weight excluding hydrogens is 370 g/mol. The number of benzene rings is 2. The van der Waals surface area contributed by atoms with Crippen LogP contribution in [0.5, 0.6) is 5.75 Å². The maximum atomic E-state index is 12.6. The van der Waals surface area contributed by atoms with Crippen molar-refractivity contribution in [3.63, 3.8) is 0 Å². The van der Waals surface area contributed by atoms with Crippen LogP contribution >= 0.6 is 0 Å². The molecule has 0 unspecified atom stereocenters. The van der Waals surface area contributed by atoms with Gasteiger partial charge in [-0.05, 0) is 30.3 Å². The largest absolute Gasteiger partial charge is 0.493 e. The van der Waals surface area contributed by atoms with Gasteiger partial charge in [0.2, 0.25) is 0 Å². The Bertz CT molecular complexity index is 1170. The van der Waals surface area contributed by atoms with Crippen LogP contribution in [0.15, 0.2) is 46.9 Å². The van der Waals surface area contributed by atoms with E-state index in [1.165, 1.54) is 29.8 Å². The predicted octanol–water partition coefficient (Wildman–Crippen LogP) is 2.82. The second-order valence-electron chi connectivity index (χ2n) is 6.09. The molecule has 1 N–H and O–H groups in total. The lowest BCUT2D eigenvalue weighted by Gasteiger charge is -2.13. The van der Waals surface area contributed by atoms with E-state index in [2.05, 4.69) is 5.32 Å². The molecule has 3 aromatic rings. The maximum Gasteiger partial charge on any atom is 0.326 e. The standard InChI is InChI=1S/C18H17N3O5S/c1-20-13-8-7-12(10-14(13)21(2)27(20,23)24)19-18(22)16-9-11-5-4-6-15(25-3)17(11)26-16/h4-10H,1-3H3,(H,19,22). The van der Waals surface area contributed by atoms with Gasteiger partial charge in [-0.15, -0.1) is 0 Å². The van der Waals surface area contributed by atoms with Gasteiger partial charge in [-0.25, -0.2) is 0 Å². The number of amides is 1. The Morgan fingerprint density at radius 2 is 1.81 bits per heavy atom. The summed E-state index contributed by atoms with van der Waals surface area (Å²) in [5.74, 6) is 0.233. The molecule has 0 fully saturated rings. The minimum atomic E-state index is -3.56. The lowest BCUT2D eigenvalue weighted by atomic mass is 10.2. The number of fused-ring (bicyclic) bond motifs is 2. The molecule has 140 valence electrons. The van der Waals surface area contributed by atoms with E-state index >= 15 is 0 Å². The van der Waals surface area contributed by atoms with Gasteiger partial charge in [0, 0.05) is 25.2 Å². The van der Waals surface area contributed by atoms with Crippen LogP contribution in [-0.4, -0.2) is 35.5 Å². The van der Waals surface area contributed by atoms with Crippen molar-refractivity contribution in [2.45, 2.75) is 0 Å². The molecule has 27 heavy (non-hydrogen) atoms. The number of ether oxygens (including phenoxy) is 1. The Labute approximate surface area is 156 Å². The van der Waals surface area contributed by atoms with E-state index in [1.807, 2.05) is 12.1 Å². The molecule has 9 heteroatoms. The Balaban J connectivity index is 1.64. The van der Waals surface area contributed by atoms with Crippen LogP contribution in [0.25, 0.3) is 11.0 Å². The van der Waals surface area contributed by atoms with E-state index in [1.54, 1.807) is 30.3 Å². The molecule has 0 radical (unpaired) electrons. The Morgan fingerprint density at radius 3 is 2.56 bits per heavy atom. The highest BCUT2D eigenvalue weighted by Gasteiger charge is 2.35. The number of furan rings is 1. The number of rotatable bonds is 3. The highest BCUT2D eigenvalue weighted by atomic mass is 32.2. The summed E-state index contributed by atoms with van der Waals surface area (Å²) in [4.78, 5) is 12.6. The number of carbonyl (C=O) groups excluding carboxylic acids is 1. The third-order valence-electron chi connectivity index (χ3n) is 4.56. The molecule has 0 spiro atoms. The van der Waals surface area contributed by atoms with Gasteiger partial charge in [-0.3, -0.25) is 13.4 Å². The zero-order valence-electron chi connectivity index (χ0n) is 14.9. The van der Waals surface area contributed by atoms with Crippen molar-refractivity contribution in [3.8, 4) is 5.75 Å². The van der Waals surface area contributed by atoms with E-state index in [4.69, 9.17) is 9.15 Å². The van der Waals surface area contributed by atoms with Gasteiger partial charge in [-0.2, -0.15) is 8.42 Å². The molecule has 0 saturated carbocycles. The van der Waals surface area contributed by atoms with Crippen LogP contribution in [0.4, 0.5) is 17.1 Å². The molecular formula is C18H17N3O5S. The second kappa shape index (κ2) is 5.92. The fourth-order valence-electron chi connectivity index (χ4n) is 3.05. The van der Waals surface area contributed by atoms with Gasteiger partial charge in [0.05, 0.1) is 18.5 Å². The van der Waals surface area contributed by atoms with E-state index in [0.29, 0.717) is 28.4 Å². The number of hydrogen-bond acceptors (Lipinski definition) is 5. The van der Waals surface area contributed by atoms with Gasteiger partial charge in [0.25, 0.3) is 5.91 Å². The third-order valence-corrected chi connectivity index (χ3v) is 6.33. The van der Waals surface area contributed by atoms with Crippen LogP contribution < -0.4 is 18.7 Å². The monoisotopic (exact) mass is 387 g/mol. The lowest BCUT2D eigenvalue weighted by molar-refractivity contribution is 0.0998. The van der Waals surface area contributed by atoms with Gasteiger partial charge in [0.15, 0.2) is 17.1 Å². The van der Waals surface area contributed by atoms with E-state index in [9.17, 15) is 13.2 Å². The maximum absolute atomic E-state index is 12.6. The Kier molecular flexibility index (Phi) is 3.77. The van der Waals surface area contributed by atoms with Crippen molar-refractivity contribution in [1.29, 1.82) is 0 Å². The highest BCUT2D eigenvalue weighted by Crippen LogP contribution is 2.40. The van der Waals surface area contributed by atoms with Gasteiger partial charge in [-0.1, -0.05) is 12.1 Å². The molecule has 0 saturated heterocycles. The summed E-state index contributed by atoms with van der Waals surface area (Å²) < 4.78 is 37.6. The SMILES string of the molecule is COc1cccc2cc(C(=O)Nc3ccc4c(c3)N(C)S(=O)(=O)N4C)oc12. The van der Waals surface area contributed by atoms with E-state index in [0.717, 1.165) is 5.39 Å². The van der Waals surface area contributed by atoms with Crippen molar-refractivity contribution in [3.05, 3.63) is 48.2 Å². The summed E-state index contributed by atoms with van der Waals surface area (Å²) in [5, 5.41) is 3.49. The lowest BCUT2D eigenvalue weighted by Crippen LogP contribution is -2.32. The highest BCUT2D eigenvalue weighted by molar-refractivity contribution is 7.94. The van der Waals surface area contributed by atoms with Crippen molar-refractivity contribution in [2.75, 3.05) is 35.1 Å². The number of nitrogens with zero attached hydrogens (tertiary/aromatic N) is 2. The number of carbonyl (C=O) groups is 1. The molecule has 1 amide bonds. The quantitative estimate of drug-likeness (QED) is 0.746. The fourth-order valence-corrected chi connectivity index (χ4v) is 4.22. The summed E-state index contributed by atoms with van der Waals surface area (Å²) in [5.41, 5.74) is 1.99. The Morgan fingerprint density at radius 1 is 1.07 bits per heavy atom. The van der Waals surface area contributed by atoms with Gasteiger partial charge >= 0.3 is 10.2 Å².